The first-order valence-corrected chi connectivity index (χ1v) is 7.40. The molecule has 1 unspecified atom stereocenters. The Morgan fingerprint density at radius 1 is 0.950 bits per heavy atom. The third-order valence-corrected chi connectivity index (χ3v) is 2.75. The van der Waals surface area contributed by atoms with Crippen LogP contribution >= 0.6 is 0 Å². The van der Waals surface area contributed by atoms with E-state index in [1.165, 1.54) is 0 Å². The molecule has 0 bridgehead atoms. The molecule has 0 aliphatic rings. The highest BCUT2D eigenvalue weighted by atomic mass is 16.6. The van der Waals surface area contributed by atoms with Gasteiger partial charge in [0.1, 0.15) is 6.10 Å². The highest BCUT2D eigenvalue weighted by molar-refractivity contribution is 5.72. The molecule has 0 aromatic carbocycles. The van der Waals surface area contributed by atoms with E-state index < -0.39 is 0 Å². The Balaban J connectivity index is 4.39. The molecule has 0 fully saturated rings. The second-order valence-electron chi connectivity index (χ2n) is 7.09. The number of carbonyl (C=O) groups excluding carboxylic acids is 2. The molecule has 0 aliphatic heterocycles. The van der Waals surface area contributed by atoms with Crippen LogP contribution in [0.5, 0.6) is 0 Å². The molecule has 1 atom stereocenters. The minimum Gasteiger partial charge on any atom is -0.465 e. The Morgan fingerprint density at radius 2 is 1.45 bits per heavy atom. The molecular formula is C16H30O4. The summed E-state index contributed by atoms with van der Waals surface area (Å²) in [5, 5.41) is 0. The Morgan fingerprint density at radius 3 is 1.85 bits per heavy atom. The predicted octanol–water partition coefficient (Wildman–Crippen LogP) is 3.58. The largest absolute Gasteiger partial charge is 0.465 e. The highest BCUT2D eigenvalue weighted by Gasteiger charge is 2.23. The van der Waals surface area contributed by atoms with Gasteiger partial charge in [-0.3, -0.25) is 9.59 Å². The van der Waals surface area contributed by atoms with E-state index in [0.29, 0.717) is 13.0 Å². The van der Waals surface area contributed by atoms with Crippen LogP contribution in [0.4, 0.5) is 0 Å². The summed E-state index contributed by atoms with van der Waals surface area (Å²) in [6.07, 6.45) is 1.10. The average Bonchev–Trinajstić information content (AvgIpc) is 2.25. The Labute approximate surface area is 123 Å². The van der Waals surface area contributed by atoms with Crippen molar-refractivity contribution in [3.05, 3.63) is 0 Å². The molecule has 0 radical (unpaired) electrons. The Hall–Kier alpha value is -1.06. The van der Waals surface area contributed by atoms with Crippen LogP contribution in [0.25, 0.3) is 0 Å². The third kappa shape index (κ3) is 8.94. The quantitative estimate of drug-likeness (QED) is 0.671. The lowest BCUT2D eigenvalue weighted by Crippen LogP contribution is -2.28. The van der Waals surface area contributed by atoms with Gasteiger partial charge in [-0.15, -0.1) is 0 Å². The van der Waals surface area contributed by atoms with E-state index in [2.05, 4.69) is 20.8 Å². The molecule has 0 N–H and O–H groups in total. The van der Waals surface area contributed by atoms with Crippen LogP contribution in [0.15, 0.2) is 0 Å². The first kappa shape index (κ1) is 18.9. The van der Waals surface area contributed by atoms with Crippen LogP contribution in [0.3, 0.4) is 0 Å². The monoisotopic (exact) mass is 286 g/mol. The zero-order valence-corrected chi connectivity index (χ0v) is 14.0. The smallest absolute Gasteiger partial charge is 0.308 e. The van der Waals surface area contributed by atoms with Gasteiger partial charge < -0.3 is 9.47 Å². The van der Waals surface area contributed by atoms with Gasteiger partial charge >= 0.3 is 11.9 Å². The van der Waals surface area contributed by atoms with Crippen LogP contribution in [0.2, 0.25) is 0 Å². The average molecular weight is 286 g/mol. The molecule has 0 aromatic rings. The normalized spacial score (nSPS) is 13.4. The van der Waals surface area contributed by atoms with Crippen molar-refractivity contribution in [2.75, 3.05) is 6.61 Å². The third-order valence-electron chi connectivity index (χ3n) is 2.75. The van der Waals surface area contributed by atoms with Gasteiger partial charge in [-0.1, -0.05) is 48.5 Å². The van der Waals surface area contributed by atoms with Crippen LogP contribution in [0.1, 0.15) is 61.3 Å². The molecular weight excluding hydrogens is 256 g/mol. The summed E-state index contributed by atoms with van der Waals surface area (Å²) in [4.78, 5) is 23.1. The fourth-order valence-electron chi connectivity index (χ4n) is 1.64. The number of ether oxygens (including phenoxy) is 2. The first-order valence-electron chi connectivity index (χ1n) is 7.40. The molecule has 0 heterocycles. The molecule has 0 saturated carbocycles. The molecule has 4 heteroatoms. The second-order valence-corrected chi connectivity index (χ2v) is 7.09. The maximum atomic E-state index is 11.7. The molecule has 118 valence electrons. The minimum atomic E-state index is -0.213. The second kappa shape index (κ2) is 8.28. The Kier molecular flexibility index (Phi) is 7.84. The van der Waals surface area contributed by atoms with Gasteiger partial charge in [-0.2, -0.15) is 0 Å². The van der Waals surface area contributed by atoms with Gasteiger partial charge in [0, 0.05) is 6.42 Å². The van der Waals surface area contributed by atoms with E-state index in [0.717, 1.165) is 6.42 Å². The maximum Gasteiger partial charge on any atom is 0.308 e. The summed E-state index contributed by atoms with van der Waals surface area (Å²) in [6, 6.07) is 0. The van der Waals surface area contributed by atoms with Gasteiger partial charge in [0.05, 0.1) is 18.4 Å². The van der Waals surface area contributed by atoms with E-state index >= 15 is 0 Å². The maximum absolute atomic E-state index is 11.7. The van der Waals surface area contributed by atoms with Gasteiger partial charge in [0.15, 0.2) is 0 Å². The number of hydrogen-bond acceptors (Lipinski definition) is 4. The van der Waals surface area contributed by atoms with E-state index in [1.54, 1.807) is 13.8 Å². The molecule has 0 rings (SSSR count). The molecule has 0 aromatic heterocycles. The van der Waals surface area contributed by atoms with Crippen molar-refractivity contribution in [2.45, 2.75) is 67.4 Å². The lowest BCUT2D eigenvalue weighted by Gasteiger charge is -2.26. The molecule has 20 heavy (non-hydrogen) atoms. The summed E-state index contributed by atoms with van der Waals surface area (Å²) in [7, 11) is 0. The molecule has 0 aliphatic carbocycles. The van der Waals surface area contributed by atoms with E-state index in [9.17, 15) is 9.59 Å². The standard InChI is InChI=1S/C16H30O4/c1-11(2)14(17)19-9-8-13(10-16(5,6)7)20-15(18)12(3)4/h11-13H,8-10H2,1-7H3. The fraction of sp³-hybridized carbons (Fsp3) is 0.875. The summed E-state index contributed by atoms with van der Waals surface area (Å²) < 4.78 is 10.7. The van der Waals surface area contributed by atoms with Gasteiger partial charge in [-0.05, 0) is 11.8 Å². The summed E-state index contributed by atoms with van der Waals surface area (Å²) in [5.74, 6) is -0.686. The van der Waals surface area contributed by atoms with Crippen molar-refractivity contribution in [1.29, 1.82) is 0 Å². The summed E-state index contributed by atoms with van der Waals surface area (Å²) >= 11 is 0. The van der Waals surface area contributed by atoms with Crippen LogP contribution < -0.4 is 0 Å². The topological polar surface area (TPSA) is 52.6 Å². The summed E-state index contributed by atoms with van der Waals surface area (Å²) in [6.45, 7) is 13.8. The number of hydrogen-bond donors (Lipinski definition) is 0. The molecule has 0 saturated heterocycles. The Bertz CT molecular complexity index is 313. The molecule has 0 spiro atoms. The fourth-order valence-corrected chi connectivity index (χ4v) is 1.64. The van der Waals surface area contributed by atoms with Crippen molar-refractivity contribution in [3.8, 4) is 0 Å². The van der Waals surface area contributed by atoms with Crippen molar-refractivity contribution in [1.82, 2.24) is 0 Å². The van der Waals surface area contributed by atoms with E-state index in [-0.39, 0.29) is 35.3 Å². The molecule has 0 amide bonds. The van der Waals surface area contributed by atoms with Crippen LogP contribution in [-0.4, -0.2) is 24.6 Å². The number of rotatable bonds is 7. The highest BCUT2D eigenvalue weighted by Crippen LogP contribution is 2.24. The molecule has 4 nitrogen and oxygen atoms in total. The lowest BCUT2D eigenvalue weighted by atomic mass is 9.88. The number of esters is 2. The first-order chi connectivity index (χ1) is 9.03. The lowest BCUT2D eigenvalue weighted by molar-refractivity contribution is -0.156. The SMILES string of the molecule is CC(C)C(=O)OCCC(CC(C)(C)C)OC(=O)C(C)C. The van der Waals surface area contributed by atoms with E-state index in [1.807, 2.05) is 13.8 Å². The van der Waals surface area contributed by atoms with Gasteiger partial charge in [-0.25, -0.2) is 0 Å². The predicted molar refractivity (Wildman–Crippen MR) is 79.2 cm³/mol. The van der Waals surface area contributed by atoms with E-state index in [4.69, 9.17) is 9.47 Å². The van der Waals surface area contributed by atoms with Crippen LogP contribution in [0, 0.1) is 17.3 Å². The summed E-state index contributed by atoms with van der Waals surface area (Å²) in [5.41, 5.74) is 0.0595. The zero-order valence-electron chi connectivity index (χ0n) is 14.0. The van der Waals surface area contributed by atoms with Crippen molar-refractivity contribution >= 4 is 11.9 Å². The zero-order chi connectivity index (χ0) is 15.9. The number of carbonyl (C=O) groups is 2. The van der Waals surface area contributed by atoms with Crippen molar-refractivity contribution in [2.24, 2.45) is 17.3 Å². The van der Waals surface area contributed by atoms with Gasteiger partial charge in [0.2, 0.25) is 0 Å². The van der Waals surface area contributed by atoms with Crippen LogP contribution in [-0.2, 0) is 19.1 Å². The minimum absolute atomic E-state index is 0.0595. The van der Waals surface area contributed by atoms with Gasteiger partial charge in [0.25, 0.3) is 0 Å². The van der Waals surface area contributed by atoms with Crippen molar-refractivity contribution < 1.29 is 19.1 Å². The van der Waals surface area contributed by atoms with Crippen molar-refractivity contribution in [3.63, 3.8) is 0 Å².